The van der Waals surface area contributed by atoms with E-state index in [0.717, 1.165) is 0 Å². The van der Waals surface area contributed by atoms with Gasteiger partial charge in [-0.1, -0.05) is 34.8 Å². The average Bonchev–Trinajstić information content (AvgIpc) is 2.13. The second-order valence-electron chi connectivity index (χ2n) is 2.60. The number of hydrogen-bond donors (Lipinski definition) is 0. The van der Waals surface area contributed by atoms with Crippen molar-refractivity contribution in [1.82, 2.24) is 0 Å². The Morgan fingerprint density at radius 1 is 1.21 bits per heavy atom. The summed E-state index contributed by atoms with van der Waals surface area (Å²) in [7, 11) is 0. The Morgan fingerprint density at radius 2 is 1.93 bits per heavy atom. The average molecular weight is 258 g/mol. The monoisotopic (exact) mass is 256 g/mol. The van der Waals surface area contributed by atoms with Gasteiger partial charge in [-0.3, -0.25) is 0 Å². The van der Waals surface area contributed by atoms with Gasteiger partial charge in [0.05, 0.1) is 23.3 Å². The van der Waals surface area contributed by atoms with Crippen LogP contribution in [0.5, 0.6) is 0 Å². The van der Waals surface area contributed by atoms with Gasteiger partial charge in [-0.05, 0) is 17.7 Å². The molecule has 0 unspecified atom stereocenters. The van der Waals surface area contributed by atoms with E-state index in [0.29, 0.717) is 20.6 Å². The smallest absolute Gasteiger partial charge is 0.113 e. The highest BCUT2D eigenvalue weighted by molar-refractivity contribution is 6.43. The van der Waals surface area contributed by atoms with Crippen LogP contribution in [-0.2, 0) is 11.3 Å². The third kappa shape index (κ3) is 3.28. The fourth-order valence-corrected chi connectivity index (χ4v) is 1.65. The predicted octanol–water partition coefficient (Wildman–Crippen LogP) is 4.13. The molecule has 0 heterocycles. The summed E-state index contributed by atoms with van der Waals surface area (Å²) in [6.45, 7) is -0.268. The van der Waals surface area contributed by atoms with Gasteiger partial charge in [-0.2, -0.15) is 0 Å². The first-order valence-corrected chi connectivity index (χ1v) is 5.05. The molecule has 0 saturated heterocycles. The number of benzene rings is 1. The van der Waals surface area contributed by atoms with E-state index in [1.807, 2.05) is 0 Å². The molecule has 0 fully saturated rings. The molecular weight excluding hydrogens is 249 g/mol. The van der Waals surface area contributed by atoms with Crippen molar-refractivity contribution in [3.8, 4) is 0 Å². The highest BCUT2D eigenvalue weighted by Crippen LogP contribution is 2.30. The van der Waals surface area contributed by atoms with Crippen LogP contribution >= 0.6 is 34.8 Å². The molecule has 14 heavy (non-hydrogen) atoms. The van der Waals surface area contributed by atoms with Crippen molar-refractivity contribution in [1.29, 1.82) is 0 Å². The minimum atomic E-state index is -0.522. The molecule has 0 N–H and O–H groups in total. The summed E-state index contributed by atoms with van der Waals surface area (Å²) in [5.41, 5.74) is 0.664. The van der Waals surface area contributed by atoms with Gasteiger partial charge in [0.1, 0.15) is 6.67 Å². The van der Waals surface area contributed by atoms with Crippen LogP contribution in [0.1, 0.15) is 5.56 Å². The van der Waals surface area contributed by atoms with Crippen LogP contribution in [0.25, 0.3) is 0 Å². The van der Waals surface area contributed by atoms with Crippen LogP contribution < -0.4 is 0 Å². The van der Waals surface area contributed by atoms with Crippen molar-refractivity contribution in [2.24, 2.45) is 0 Å². The molecule has 0 amide bonds. The number of ether oxygens (including phenoxy) is 1. The Labute approximate surface area is 96.7 Å². The highest BCUT2D eigenvalue weighted by atomic mass is 35.5. The first kappa shape index (κ1) is 12.1. The number of rotatable bonds is 4. The Balaban J connectivity index is 2.75. The second-order valence-corrected chi connectivity index (χ2v) is 3.82. The summed E-state index contributed by atoms with van der Waals surface area (Å²) < 4.78 is 16.7. The quantitative estimate of drug-likeness (QED) is 0.582. The SMILES string of the molecule is FCCOCc1cc(Cl)cc(Cl)c1Cl. The van der Waals surface area contributed by atoms with Crippen LogP contribution in [0, 0.1) is 0 Å². The molecule has 5 heteroatoms. The van der Waals surface area contributed by atoms with Gasteiger partial charge in [0.2, 0.25) is 0 Å². The molecule has 0 saturated carbocycles. The van der Waals surface area contributed by atoms with Crippen molar-refractivity contribution in [3.05, 3.63) is 32.8 Å². The largest absolute Gasteiger partial charge is 0.374 e. The van der Waals surface area contributed by atoms with Crippen molar-refractivity contribution >= 4 is 34.8 Å². The fourth-order valence-electron chi connectivity index (χ4n) is 0.951. The van der Waals surface area contributed by atoms with Crippen LogP contribution in [0.3, 0.4) is 0 Å². The minimum absolute atomic E-state index is 0.0421. The minimum Gasteiger partial charge on any atom is -0.374 e. The molecule has 1 aromatic carbocycles. The van der Waals surface area contributed by atoms with Gasteiger partial charge in [0, 0.05) is 5.02 Å². The summed E-state index contributed by atoms with van der Waals surface area (Å²) >= 11 is 17.4. The van der Waals surface area contributed by atoms with Crippen LogP contribution in [0.4, 0.5) is 4.39 Å². The van der Waals surface area contributed by atoms with Crippen molar-refractivity contribution < 1.29 is 9.13 Å². The van der Waals surface area contributed by atoms with Crippen molar-refractivity contribution in [2.45, 2.75) is 6.61 Å². The molecule has 78 valence electrons. The summed E-state index contributed by atoms with van der Waals surface area (Å²) in [5.74, 6) is 0. The topological polar surface area (TPSA) is 9.23 Å². The van der Waals surface area contributed by atoms with E-state index >= 15 is 0 Å². The molecule has 1 nitrogen and oxygen atoms in total. The summed E-state index contributed by atoms with van der Waals surface area (Å²) in [5, 5.41) is 1.26. The number of halogens is 4. The Bertz CT molecular complexity index is 317. The molecular formula is C9H8Cl3FO. The molecule has 0 radical (unpaired) electrons. The van der Waals surface area contributed by atoms with Crippen LogP contribution in [0.2, 0.25) is 15.1 Å². The van der Waals surface area contributed by atoms with Gasteiger partial charge in [0.25, 0.3) is 0 Å². The third-order valence-corrected chi connectivity index (χ3v) is 2.61. The van der Waals surface area contributed by atoms with E-state index in [1.54, 1.807) is 12.1 Å². The number of hydrogen-bond acceptors (Lipinski definition) is 1. The van der Waals surface area contributed by atoms with E-state index < -0.39 is 6.67 Å². The van der Waals surface area contributed by atoms with Gasteiger partial charge >= 0.3 is 0 Å². The fraction of sp³-hybridized carbons (Fsp3) is 0.333. The lowest BCUT2D eigenvalue weighted by atomic mass is 10.2. The van der Waals surface area contributed by atoms with Gasteiger partial charge in [-0.25, -0.2) is 4.39 Å². The standard InChI is InChI=1S/C9H8Cl3FO/c10-7-3-6(5-14-2-1-13)9(12)8(11)4-7/h3-4H,1-2,5H2. The highest BCUT2D eigenvalue weighted by Gasteiger charge is 2.06. The normalized spacial score (nSPS) is 10.6. The molecule has 0 aromatic heterocycles. The lowest BCUT2D eigenvalue weighted by Crippen LogP contribution is -1.97. The molecule has 0 bridgehead atoms. The predicted molar refractivity (Wildman–Crippen MR) is 57.1 cm³/mol. The van der Waals surface area contributed by atoms with E-state index in [1.165, 1.54) is 0 Å². The first-order valence-electron chi connectivity index (χ1n) is 3.92. The zero-order chi connectivity index (χ0) is 10.6. The van der Waals surface area contributed by atoms with Crippen molar-refractivity contribution in [2.75, 3.05) is 13.3 Å². The molecule has 0 aliphatic rings. The van der Waals surface area contributed by atoms with Gasteiger partial charge in [0.15, 0.2) is 0 Å². The van der Waals surface area contributed by atoms with Gasteiger partial charge < -0.3 is 4.74 Å². The Morgan fingerprint density at radius 3 is 2.57 bits per heavy atom. The van der Waals surface area contributed by atoms with E-state index in [2.05, 4.69) is 0 Å². The lowest BCUT2D eigenvalue weighted by Gasteiger charge is -2.06. The molecule has 1 rings (SSSR count). The van der Waals surface area contributed by atoms with E-state index in [9.17, 15) is 4.39 Å². The second kappa shape index (κ2) is 5.76. The van der Waals surface area contributed by atoms with E-state index in [4.69, 9.17) is 39.5 Å². The number of alkyl halides is 1. The zero-order valence-corrected chi connectivity index (χ0v) is 9.46. The maximum atomic E-state index is 11.7. The first-order chi connectivity index (χ1) is 6.65. The van der Waals surface area contributed by atoms with Crippen LogP contribution in [-0.4, -0.2) is 13.3 Å². The Kier molecular flexibility index (Phi) is 4.96. The molecule has 0 aliphatic heterocycles. The lowest BCUT2D eigenvalue weighted by molar-refractivity contribution is 0.106. The maximum Gasteiger partial charge on any atom is 0.113 e. The third-order valence-electron chi connectivity index (χ3n) is 1.55. The maximum absolute atomic E-state index is 11.7. The molecule has 0 spiro atoms. The molecule has 0 atom stereocenters. The summed E-state index contributed by atoms with van der Waals surface area (Å²) in [6, 6.07) is 3.19. The molecule has 0 aliphatic carbocycles. The van der Waals surface area contributed by atoms with Gasteiger partial charge in [-0.15, -0.1) is 0 Å². The summed E-state index contributed by atoms with van der Waals surface area (Å²) in [4.78, 5) is 0. The van der Waals surface area contributed by atoms with E-state index in [-0.39, 0.29) is 13.2 Å². The molecule has 1 aromatic rings. The van der Waals surface area contributed by atoms with Crippen molar-refractivity contribution in [3.63, 3.8) is 0 Å². The Hall–Kier alpha value is -0.0200. The zero-order valence-electron chi connectivity index (χ0n) is 7.20. The summed E-state index contributed by atoms with van der Waals surface area (Å²) in [6.07, 6.45) is 0. The van der Waals surface area contributed by atoms with Crippen LogP contribution in [0.15, 0.2) is 12.1 Å².